The van der Waals surface area contributed by atoms with Crippen molar-refractivity contribution in [1.82, 2.24) is 10.3 Å². The van der Waals surface area contributed by atoms with E-state index >= 15 is 0 Å². The summed E-state index contributed by atoms with van der Waals surface area (Å²) in [7, 11) is 1.64. The van der Waals surface area contributed by atoms with Gasteiger partial charge in [-0.15, -0.1) is 0 Å². The lowest BCUT2D eigenvalue weighted by molar-refractivity contribution is 0.383. The molecule has 0 amide bonds. The Balaban J connectivity index is 1.29. The number of methoxy groups -OCH3 is 1. The summed E-state index contributed by atoms with van der Waals surface area (Å²) >= 11 is 7.46. The predicted molar refractivity (Wildman–Crippen MR) is 161 cm³/mol. The van der Waals surface area contributed by atoms with Crippen molar-refractivity contribution in [3.63, 3.8) is 0 Å². The molecular weight excluding hydrogens is 539 g/mol. The zero-order chi connectivity index (χ0) is 27.5. The Bertz CT molecular complexity index is 1590. The van der Waals surface area contributed by atoms with E-state index in [2.05, 4.69) is 46.4 Å². The lowest BCUT2D eigenvalue weighted by atomic mass is 10.0. The number of rotatable bonds is 8. The first-order valence-corrected chi connectivity index (χ1v) is 14.1. The molecule has 5 aromatic rings. The molecule has 0 bridgehead atoms. The summed E-state index contributed by atoms with van der Waals surface area (Å²) in [6.45, 7) is 2.08. The minimum absolute atomic E-state index is 0.188. The molecule has 8 heteroatoms. The van der Waals surface area contributed by atoms with Crippen molar-refractivity contribution >= 4 is 34.8 Å². The highest BCUT2D eigenvalue weighted by molar-refractivity contribution is 7.99. The number of hydrogen-bond acceptors (Lipinski definition) is 6. The van der Waals surface area contributed by atoms with Crippen molar-refractivity contribution in [2.75, 3.05) is 12.0 Å². The minimum atomic E-state index is -0.233. The number of furan rings is 1. The van der Waals surface area contributed by atoms with Crippen LogP contribution < -0.4 is 19.7 Å². The molecule has 3 aromatic carbocycles. The monoisotopic (exact) mass is 565 g/mol. The Morgan fingerprint density at radius 2 is 1.55 bits per heavy atom. The quantitative estimate of drug-likeness (QED) is 0.189. The number of nitrogens with one attached hydrogen (secondary N) is 1. The molecule has 1 N–H and O–H groups in total. The van der Waals surface area contributed by atoms with Crippen LogP contribution in [0, 0.1) is 6.92 Å². The number of benzene rings is 3. The first kappa shape index (κ1) is 26.0. The van der Waals surface area contributed by atoms with Crippen LogP contribution in [-0.2, 0) is 0 Å². The van der Waals surface area contributed by atoms with Gasteiger partial charge in [-0.05, 0) is 104 Å². The smallest absolute Gasteiger partial charge is 0.174 e. The van der Waals surface area contributed by atoms with Crippen molar-refractivity contribution in [2.45, 2.75) is 29.0 Å². The van der Waals surface area contributed by atoms with Crippen LogP contribution in [0.15, 0.2) is 124 Å². The molecule has 1 aliphatic rings. The van der Waals surface area contributed by atoms with E-state index in [1.54, 1.807) is 25.1 Å². The van der Waals surface area contributed by atoms with Crippen LogP contribution in [0.4, 0.5) is 5.69 Å². The largest absolute Gasteiger partial charge is 0.497 e. The molecule has 0 spiro atoms. The van der Waals surface area contributed by atoms with E-state index in [1.165, 1.54) is 5.56 Å². The van der Waals surface area contributed by atoms with Gasteiger partial charge in [0, 0.05) is 16.8 Å². The van der Waals surface area contributed by atoms with E-state index in [-0.39, 0.29) is 12.1 Å². The first-order chi connectivity index (χ1) is 19.6. The molecule has 1 aliphatic heterocycles. The van der Waals surface area contributed by atoms with Crippen LogP contribution in [0.2, 0.25) is 0 Å². The van der Waals surface area contributed by atoms with Crippen molar-refractivity contribution in [3.8, 4) is 17.2 Å². The van der Waals surface area contributed by atoms with E-state index < -0.39 is 0 Å². The van der Waals surface area contributed by atoms with Crippen LogP contribution in [0.3, 0.4) is 0 Å². The molecule has 2 aromatic heterocycles. The van der Waals surface area contributed by atoms with Crippen molar-refractivity contribution in [1.29, 1.82) is 0 Å². The number of aryl methyl sites for hydroxylation is 1. The molecule has 0 unspecified atom stereocenters. The maximum atomic E-state index is 6.43. The Kier molecular flexibility index (Phi) is 7.44. The summed E-state index contributed by atoms with van der Waals surface area (Å²) in [6, 6.07) is 33.3. The zero-order valence-electron chi connectivity index (χ0n) is 22.0. The van der Waals surface area contributed by atoms with Gasteiger partial charge in [-0.25, -0.2) is 0 Å². The maximum absolute atomic E-state index is 6.43. The van der Waals surface area contributed by atoms with Gasteiger partial charge in [0.15, 0.2) is 10.2 Å². The van der Waals surface area contributed by atoms with E-state index in [9.17, 15) is 0 Å². The van der Waals surface area contributed by atoms with E-state index in [0.29, 0.717) is 5.11 Å². The summed E-state index contributed by atoms with van der Waals surface area (Å²) in [5.41, 5.74) is 3.04. The standard InChI is InChI=1S/C32H27N3O3S2/c1-21-6-16-26(17-7-21)40-29-19-18-28(38-29)31-30(27-5-3-4-20-33-27)34-32(39)35(31)22-8-10-24(11-9-22)37-25-14-12-23(36-2)13-15-25/h3-20,30-31H,1-2H3,(H,34,39)/t30-,31+/m1/s1. The average molecular weight is 566 g/mol. The normalized spacial score (nSPS) is 16.6. The topological polar surface area (TPSA) is 59.8 Å². The number of thiocarbonyl (C=S) groups is 1. The van der Waals surface area contributed by atoms with Crippen molar-refractivity contribution in [2.24, 2.45) is 0 Å². The summed E-state index contributed by atoms with van der Waals surface area (Å²) in [4.78, 5) is 7.84. The second kappa shape index (κ2) is 11.5. The Labute approximate surface area is 243 Å². The Morgan fingerprint density at radius 1 is 0.850 bits per heavy atom. The second-order valence-electron chi connectivity index (χ2n) is 9.34. The third kappa shape index (κ3) is 5.54. The van der Waals surface area contributed by atoms with Gasteiger partial charge in [0.05, 0.1) is 18.8 Å². The van der Waals surface area contributed by atoms with Gasteiger partial charge in [-0.3, -0.25) is 4.98 Å². The average Bonchev–Trinajstić information content (AvgIpc) is 3.59. The maximum Gasteiger partial charge on any atom is 0.174 e. The predicted octanol–water partition coefficient (Wildman–Crippen LogP) is 8.11. The van der Waals surface area contributed by atoms with Gasteiger partial charge in [0.2, 0.25) is 0 Å². The lowest BCUT2D eigenvalue weighted by Crippen LogP contribution is -2.29. The van der Waals surface area contributed by atoms with Gasteiger partial charge in [-0.1, -0.05) is 35.5 Å². The number of anilines is 1. The SMILES string of the molecule is COc1ccc(Oc2ccc(N3C(=S)N[C@H](c4ccccn4)[C@@H]3c3ccc(Sc4ccc(C)cc4)o3)cc2)cc1. The number of nitrogens with zero attached hydrogens (tertiary/aromatic N) is 2. The molecule has 6 nitrogen and oxygen atoms in total. The molecule has 0 saturated carbocycles. The molecular formula is C32H27N3O3S2. The van der Waals surface area contributed by atoms with Crippen LogP contribution >= 0.6 is 24.0 Å². The van der Waals surface area contributed by atoms with Gasteiger partial charge < -0.3 is 24.1 Å². The molecule has 3 heterocycles. The summed E-state index contributed by atoms with van der Waals surface area (Å²) in [6.07, 6.45) is 1.80. The molecule has 0 radical (unpaired) electrons. The third-order valence-corrected chi connectivity index (χ3v) is 7.88. The Hall–Kier alpha value is -4.27. The van der Waals surface area contributed by atoms with Crippen LogP contribution in [0.25, 0.3) is 0 Å². The van der Waals surface area contributed by atoms with Crippen molar-refractivity contribution in [3.05, 3.63) is 126 Å². The highest BCUT2D eigenvalue weighted by Crippen LogP contribution is 2.43. The summed E-state index contributed by atoms with van der Waals surface area (Å²) < 4.78 is 17.7. The van der Waals surface area contributed by atoms with Gasteiger partial charge in [0.1, 0.15) is 29.1 Å². The number of aromatic nitrogens is 1. The van der Waals surface area contributed by atoms with Crippen molar-refractivity contribution < 1.29 is 13.9 Å². The fraction of sp³-hybridized carbons (Fsp3) is 0.125. The molecule has 40 heavy (non-hydrogen) atoms. The van der Waals surface area contributed by atoms with Gasteiger partial charge in [-0.2, -0.15) is 0 Å². The minimum Gasteiger partial charge on any atom is -0.497 e. The molecule has 1 saturated heterocycles. The molecule has 0 aliphatic carbocycles. The molecule has 2 atom stereocenters. The molecule has 6 rings (SSSR count). The van der Waals surface area contributed by atoms with Crippen LogP contribution in [-0.4, -0.2) is 17.2 Å². The molecule has 200 valence electrons. The highest BCUT2D eigenvalue weighted by atomic mass is 32.2. The van der Waals surface area contributed by atoms with Crippen LogP contribution in [0.5, 0.6) is 17.2 Å². The fourth-order valence-electron chi connectivity index (χ4n) is 4.65. The second-order valence-corrected chi connectivity index (χ2v) is 10.8. The number of hydrogen-bond donors (Lipinski definition) is 1. The zero-order valence-corrected chi connectivity index (χ0v) is 23.6. The molecule has 1 fully saturated rings. The third-order valence-electron chi connectivity index (χ3n) is 6.64. The van der Waals surface area contributed by atoms with Gasteiger partial charge >= 0.3 is 0 Å². The highest BCUT2D eigenvalue weighted by Gasteiger charge is 2.42. The number of ether oxygens (including phenoxy) is 2. The fourth-order valence-corrected chi connectivity index (χ4v) is 5.77. The first-order valence-electron chi connectivity index (χ1n) is 12.8. The van der Waals surface area contributed by atoms with E-state index in [0.717, 1.165) is 44.4 Å². The number of pyridine rings is 1. The van der Waals surface area contributed by atoms with E-state index in [4.69, 9.17) is 26.1 Å². The Morgan fingerprint density at radius 3 is 2.23 bits per heavy atom. The van der Waals surface area contributed by atoms with Gasteiger partial charge in [0.25, 0.3) is 0 Å². The summed E-state index contributed by atoms with van der Waals surface area (Å²) in [5.74, 6) is 3.04. The van der Waals surface area contributed by atoms with E-state index in [1.807, 2.05) is 78.9 Å². The van der Waals surface area contributed by atoms with Crippen LogP contribution in [0.1, 0.15) is 29.1 Å². The lowest BCUT2D eigenvalue weighted by Gasteiger charge is -2.26. The summed E-state index contributed by atoms with van der Waals surface area (Å²) in [5, 5.41) is 4.91.